The number of fused-ring (bicyclic) bond motifs is 1. The molecule has 2 aromatic heterocycles. The first kappa shape index (κ1) is 11.6. The molecule has 90 valence electrons. The molecule has 0 aromatic carbocycles. The average molecular weight is 233 g/mol. The molecule has 1 N–H and O–H groups in total. The SMILES string of the molecule is CCCCOC(=O)c1ncnc2[nH]c(C)cc12. The van der Waals surface area contributed by atoms with E-state index in [-0.39, 0.29) is 5.97 Å². The Labute approximate surface area is 99.2 Å². The minimum Gasteiger partial charge on any atom is -0.461 e. The quantitative estimate of drug-likeness (QED) is 0.649. The molecule has 0 fully saturated rings. The lowest BCUT2D eigenvalue weighted by molar-refractivity contribution is 0.0495. The van der Waals surface area contributed by atoms with Crippen molar-refractivity contribution in [2.45, 2.75) is 26.7 Å². The lowest BCUT2D eigenvalue weighted by Crippen LogP contribution is -2.09. The highest BCUT2D eigenvalue weighted by atomic mass is 16.5. The molecule has 0 atom stereocenters. The second-order valence-electron chi connectivity index (χ2n) is 3.93. The summed E-state index contributed by atoms with van der Waals surface area (Å²) in [5.74, 6) is -0.384. The van der Waals surface area contributed by atoms with Gasteiger partial charge in [-0.15, -0.1) is 0 Å². The molecule has 5 heteroatoms. The maximum absolute atomic E-state index is 11.8. The Morgan fingerprint density at radius 3 is 3.06 bits per heavy atom. The highest BCUT2D eigenvalue weighted by molar-refractivity contribution is 6.00. The van der Waals surface area contributed by atoms with Crippen molar-refractivity contribution in [2.24, 2.45) is 0 Å². The van der Waals surface area contributed by atoms with Crippen molar-refractivity contribution in [1.29, 1.82) is 0 Å². The Balaban J connectivity index is 2.25. The summed E-state index contributed by atoms with van der Waals surface area (Å²) in [5, 5.41) is 0.714. The number of rotatable bonds is 4. The smallest absolute Gasteiger partial charge is 0.357 e. The van der Waals surface area contributed by atoms with Gasteiger partial charge in [-0.3, -0.25) is 0 Å². The number of unbranched alkanes of at least 4 members (excludes halogenated alkanes) is 1. The second-order valence-corrected chi connectivity index (χ2v) is 3.93. The fraction of sp³-hybridized carbons (Fsp3) is 0.417. The number of nitrogens with one attached hydrogen (secondary N) is 1. The Kier molecular flexibility index (Phi) is 3.37. The van der Waals surface area contributed by atoms with Crippen molar-refractivity contribution >= 4 is 17.0 Å². The fourth-order valence-corrected chi connectivity index (χ4v) is 1.61. The number of nitrogens with zero attached hydrogens (tertiary/aromatic N) is 2. The van der Waals surface area contributed by atoms with Crippen LogP contribution in [0, 0.1) is 6.92 Å². The summed E-state index contributed by atoms with van der Waals surface area (Å²) < 4.78 is 5.14. The number of aryl methyl sites for hydroxylation is 1. The molecule has 0 unspecified atom stereocenters. The lowest BCUT2D eigenvalue weighted by atomic mass is 10.2. The zero-order valence-corrected chi connectivity index (χ0v) is 9.99. The lowest BCUT2D eigenvalue weighted by Gasteiger charge is -2.03. The van der Waals surface area contributed by atoms with Gasteiger partial charge in [-0.05, 0) is 19.4 Å². The van der Waals surface area contributed by atoms with Gasteiger partial charge in [0.1, 0.15) is 12.0 Å². The Morgan fingerprint density at radius 1 is 1.47 bits per heavy atom. The number of H-pyrrole nitrogens is 1. The first-order valence-corrected chi connectivity index (χ1v) is 5.69. The molecule has 2 aromatic rings. The Hall–Kier alpha value is -1.91. The van der Waals surface area contributed by atoms with E-state index in [1.54, 1.807) is 0 Å². The summed E-state index contributed by atoms with van der Waals surface area (Å²) in [4.78, 5) is 22.9. The topological polar surface area (TPSA) is 67.9 Å². The van der Waals surface area contributed by atoms with Crippen molar-refractivity contribution < 1.29 is 9.53 Å². The van der Waals surface area contributed by atoms with Gasteiger partial charge in [0.2, 0.25) is 0 Å². The number of carbonyl (C=O) groups is 1. The molecule has 5 nitrogen and oxygen atoms in total. The van der Waals surface area contributed by atoms with Crippen molar-refractivity contribution in [1.82, 2.24) is 15.0 Å². The molecular formula is C12H15N3O2. The maximum Gasteiger partial charge on any atom is 0.357 e. The molecule has 0 saturated carbocycles. The first-order chi connectivity index (χ1) is 8.22. The zero-order valence-electron chi connectivity index (χ0n) is 9.99. The molecule has 2 rings (SSSR count). The minimum atomic E-state index is -0.384. The third kappa shape index (κ3) is 2.43. The van der Waals surface area contributed by atoms with Crippen LogP contribution in [0.2, 0.25) is 0 Å². The molecule has 0 bridgehead atoms. The first-order valence-electron chi connectivity index (χ1n) is 5.69. The number of hydrogen-bond acceptors (Lipinski definition) is 4. The highest BCUT2D eigenvalue weighted by Crippen LogP contribution is 2.16. The number of hydrogen-bond donors (Lipinski definition) is 1. The van der Waals surface area contributed by atoms with Gasteiger partial charge in [0.05, 0.1) is 12.0 Å². The van der Waals surface area contributed by atoms with Crippen molar-refractivity contribution in [3.05, 3.63) is 23.8 Å². The van der Waals surface area contributed by atoms with Crippen LogP contribution in [0.1, 0.15) is 35.9 Å². The largest absolute Gasteiger partial charge is 0.461 e. The molecule has 0 aliphatic carbocycles. The number of ether oxygens (including phenoxy) is 1. The van der Waals surface area contributed by atoms with Gasteiger partial charge in [0.15, 0.2) is 5.69 Å². The second kappa shape index (κ2) is 4.95. The summed E-state index contributed by atoms with van der Waals surface area (Å²) in [6.07, 6.45) is 3.23. The third-order valence-corrected chi connectivity index (χ3v) is 2.48. The minimum absolute atomic E-state index is 0.329. The van der Waals surface area contributed by atoms with Gasteiger partial charge in [-0.2, -0.15) is 0 Å². The van der Waals surface area contributed by atoms with Crippen LogP contribution in [0.4, 0.5) is 0 Å². The highest BCUT2D eigenvalue weighted by Gasteiger charge is 2.14. The summed E-state index contributed by atoms with van der Waals surface area (Å²) in [6.45, 7) is 4.39. The van der Waals surface area contributed by atoms with E-state index in [2.05, 4.69) is 15.0 Å². The van der Waals surface area contributed by atoms with E-state index in [1.165, 1.54) is 6.33 Å². The monoisotopic (exact) mass is 233 g/mol. The molecular weight excluding hydrogens is 218 g/mol. The molecule has 0 aliphatic rings. The van der Waals surface area contributed by atoms with Crippen LogP contribution in [-0.4, -0.2) is 27.5 Å². The fourth-order valence-electron chi connectivity index (χ4n) is 1.61. The summed E-state index contributed by atoms with van der Waals surface area (Å²) in [7, 11) is 0. The number of esters is 1. The molecule has 0 radical (unpaired) electrons. The van der Waals surface area contributed by atoms with E-state index in [9.17, 15) is 4.79 Å². The molecule has 0 saturated heterocycles. The average Bonchev–Trinajstić information content (AvgIpc) is 2.69. The van der Waals surface area contributed by atoms with Crippen molar-refractivity contribution in [2.75, 3.05) is 6.61 Å². The predicted octanol–water partition coefficient (Wildman–Crippen LogP) is 2.22. The van der Waals surface area contributed by atoms with Crippen LogP contribution >= 0.6 is 0 Å². The van der Waals surface area contributed by atoms with Crippen molar-refractivity contribution in [3.8, 4) is 0 Å². The zero-order chi connectivity index (χ0) is 12.3. The van der Waals surface area contributed by atoms with Crippen LogP contribution in [0.15, 0.2) is 12.4 Å². The van der Waals surface area contributed by atoms with E-state index < -0.39 is 0 Å². The van der Waals surface area contributed by atoms with E-state index in [0.717, 1.165) is 18.5 Å². The Morgan fingerprint density at radius 2 is 2.29 bits per heavy atom. The van der Waals surface area contributed by atoms with Gasteiger partial charge in [-0.1, -0.05) is 13.3 Å². The van der Waals surface area contributed by atoms with Crippen LogP contribution in [0.25, 0.3) is 11.0 Å². The summed E-state index contributed by atoms with van der Waals surface area (Å²) in [6, 6.07) is 1.85. The van der Waals surface area contributed by atoms with Crippen LogP contribution in [0.3, 0.4) is 0 Å². The number of aromatic amines is 1. The summed E-state index contributed by atoms with van der Waals surface area (Å²) in [5.41, 5.74) is 1.94. The molecule has 0 aliphatic heterocycles. The van der Waals surface area contributed by atoms with Gasteiger partial charge in [-0.25, -0.2) is 14.8 Å². The van der Waals surface area contributed by atoms with Crippen LogP contribution < -0.4 is 0 Å². The Bertz CT molecular complexity index is 534. The molecule has 2 heterocycles. The van der Waals surface area contributed by atoms with Crippen molar-refractivity contribution in [3.63, 3.8) is 0 Å². The van der Waals surface area contributed by atoms with Crippen LogP contribution in [0.5, 0.6) is 0 Å². The molecule has 17 heavy (non-hydrogen) atoms. The van der Waals surface area contributed by atoms with Crippen LogP contribution in [-0.2, 0) is 4.74 Å². The van der Waals surface area contributed by atoms with E-state index >= 15 is 0 Å². The maximum atomic E-state index is 11.8. The standard InChI is InChI=1S/C12H15N3O2/c1-3-4-5-17-12(16)10-9-6-8(2)15-11(9)14-7-13-10/h6-7H,3-5H2,1-2H3,(H,13,14,15). The molecule has 0 amide bonds. The van der Waals surface area contributed by atoms with E-state index in [4.69, 9.17) is 4.74 Å². The number of carbonyl (C=O) groups excluding carboxylic acids is 1. The van der Waals surface area contributed by atoms with Gasteiger partial charge < -0.3 is 9.72 Å². The van der Waals surface area contributed by atoms with Gasteiger partial charge >= 0.3 is 5.97 Å². The van der Waals surface area contributed by atoms with Gasteiger partial charge in [0, 0.05) is 5.69 Å². The summed E-state index contributed by atoms with van der Waals surface area (Å²) >= 11 is 0. The third-order valence-electron chi connectivity index (χ3n) is 2.48. The van der Waals surface area contributed by atoms with Gasteiger partial charge in [0.25, 0.3) is 0 Å². The normalized spacial score (nSPS) is 10.7. The number of aromatic nitrogens is 3. The predicted molar refractivity (Wildman–Crippen MR) is 63.8 cm³/mol. The van der Waals surface area contributed by atoms with E-state index in [1.807, 2.05) is 19.9 Å². The van der Waals surface area contributed by atoms with E-state index in [0.29, 0.717) is 23.3 Å². The molecule has 0 spiro atoms.